The van der Waals surface area contributed by atoms with E-state index in [1.807, 2.05) is 47.0 Å². The molecule has 7 heteroatoms. The summed E-state index contributed by atoms with van der Waals surface area (Å²) >= 11 is 0. The van der Waals surface area contributed by atoms with Crippen LogP contribution >= 0.6 is 0 Å². The van der Waals surface area contributed by atoms with E-state index in [9.17, 15) is 0 Å². The Labute approximate surface area is 350 Å². The van der Waals surface area contributed by atoms with Gasteiger partial charge in [0.25, 0.3) is 0 Å². The largest absolute Gasteiger partial charge is 0.509 e. The predicted molar refractivity (Wildman–Crippen MR) is 230 cm³/mol. The van der Waals surface area contributed by atoms with E-state index >= 15 is 0 Å². The zero-order chi connectivity index (χ0) is 37.7. The molecule has 0 fully saturated rings. The quantitative estimate of drug-likeness (QED) is 0.149. The number of benzene rings is 7. The fraction of sp³-hybridized carbons (Fsp3) is 0. The van der Waals surface area contributed by atoms with Crippen LogP contribution in [-0.2, 0) is 21.1 Å². The zero-order valence-corrected chi connectivity index (χ0v) is 33.2. The number of fused-ring (bicyclic) bond motifs is 6. The van der Waals surface area contributed by atoms with Gasteiger partial charge in [-0.25, -0.2) is 9.97 Å². The summed E-state index contributed by atoms with van der Waals surface area (Å²) in [5.74, 6) is 1.91. The van der Waals surface area contributed by atoms with E-state index in [1.165, 1.54) is 5.39 Å². The number of rotatable bonds is 7. The minimum atomic E-state index is 0. The van der Waals surface area contributed by atoms with Crippen LogP contribution in [0.1, 0.15) is 0 Å². The van der Waals surface area contributed by atoms with Crippen molar-refractivity contribution in [3.05, 3.63) is 207 Å². The summed E-state index contributed by atoms with van der Waals surface area (Å²) in [6, 6.07) is 67.9. The first-order valence-electron chi connectivity index (χ1n) is 18.9. The van der Waals surface area contributed by atoms with Gasteiger partial charge in [-0.1, -0.05) is 127 Å². The second-order valence-corrected chi connectivity index (χ2v) is 13.9. The van der Waals surface area contributed by atoms with Crippen molar-refractivity contribution in [3.8, 4) is 39.6 Å². The van der Waals surface area contributed by atoms with Crippen LogP contribution in [0, 0.1) is 18.8 Å². The molecule has 58 heavy (non-hydrogen) atoms. The van der Waals surface area contributed by atoms with Crippen molar-refractivity contribution in [2.75, 3.05) is 9.80 Å². The number of ether oxygens (including phenoxy) is 1. The Bertz CT molecular complexity index is 3040. The van der Waals surface area contributed by atoms with Gasteiger partial charge in [-0.2, -0.15) is 12.1 Å². The molecule has 11 rings (SSSR count). The van der Waals surface area contributed by atoms with Gasteiger partial charge in [0, 0.05) is 78.5 Å². The summed E-state index contributed by atoms with van der Waals surface area (Å²) < 4.78 is 8.61. The maximum absolute atomic E-state index is 6.58. The average Bonchev–Trinajstić information content (AvgIpc) is 3.83. The van der Waals surface area contributed by atoms with Crippen LogP contribution in [0.15, 0.2) is 188 Å². The summed E-state index contributed by atoms with van der Waals surface area (Å²) in [6.45, 7) is 2.19. The van der Waals surface area contributed by atoms with Gasteiger partial charge < -0.3 is 19.1 Å². The fourth-order valence-corrected chi connectivity index (χ4v) is 8.06. The van der Waals surface area contributed by atoms with Gasteiger partial charge in [-0.05, 0) is 46.2 Å². The van der Waals surface area contributed by atoms with Gasteiger partial charge >= 0.3 is 0 Å². The van der Waals surface area contributed by atoms with Crippen molar-refractivity contribution in [2.45, 2.75) is 0 Å². The molecule has 0 aliphatic carbocycles. The number of pyridine rings is 2. The molecule has 0 atom stereocenters. The molecule has 1 aliphatic rings. The van der Waals surface area contributed by atoms with Gasteiger partial charge in [-0.15, -0.1) is 48.1 Å². The maximum atomic E-state index is 6.58. The topological polar surface area (TPSA) is 46.4 Å². The Kier molecular flexibility index (Phi) is 9.04. The van der Waals surface area contributed by atoms with Crippen LogP contribution < -0.4 is 14.5 Å². The Morgan fingerprint density at radius 1 is 0.483 bits per heavy atom. The first-order chi connectivity index (χ1) is 28.3. The molecule has 6 nitrogen and oxygen atoms in total. The Balaban J connectivity index is 0.00000408. The molecule has 10 aromatic rings. The molecular formula is C51H32N5OPt-3. The predicted octanol–water partition coefficient (Wildman–Crippen LogP) is 12.9. The normalized spacial score (nSPS) is 12.2. The molecule has 0 saturated heterocycles. The number of nitrogens with zero attached hydrogens (tertiary/aromatic N) is 5. The molecule has 0 spiro atoms. The van der Waals surface area contributed by atoms with E-state index in [0.717, 1.165) is 78.1 Å². The molecule has 0 radical (unpaired) electrons. The van der Waals surface area contributed by atoms with Crippen molar-refractivity contribution >= 4 is 55.5 Å². The minimum Gasteiger partial charge on any atom is -0.509 e. The van der Waals surface area contributed by atoms with Gasteiger partial charge in [-0.3, -0.25) is 0 Å². The molecule has 280 valence electrons. The summed E-state index contributed by atoms with van der Waals surface area (Å²) in [7, 11) is 0. The Morgan fingerprint density at radius 2 is 1.17 bits per heavy atom. The van der Waals surface area contributed by atoms with Crippen LogP contribution in [0.5, 0.6) is 11.5 Å². The first kappa shape index (κ1) is 35.4. The average molecular weight is 926 g/mol. The molecule has 1 aliphatic heterocycles. The monoisotopic (exact) mass is 925 g/mol. The van der Waals surface area contributed by atoms with Crippen molar-refractivity contribution in [3.63, 3.8) is 0 Å². The van der Waals surface area contributed by atoms with Crippen molar-refractivity contribution in [2.24, 2.45) is 0 Å². The molecule has 0 amide bonds. The molecule has 0 bridgehead atoms. The third kappa shape index (κ3) is 6.01. The second kappa shape index (κ2) is 14.8. The van der Waals surface area contributed by atoms with Crippen LogP contribution in [0.4, 0.5) is 22.7 Å². The van der Waals surface area contributed by atoms with Gasteiger partial charge in [0.2, 0.25) is 0 Å². The Morgan fingerprint density at radius 3 is 1.95 bits per heavy atom. The number of aromatic nitrogens is 3. The van der Waals surface area contributed by atoms with Crippen LogP contribution in [0.3, 0.4) is 0 Å². The molecule has 0 unspecified atom stereocenters. The Hall–Kier alpha value is -7.01. The number of hydrogen-bond donors (Lipinski definition) is 0. The van der Waals surface area contributed by atoms with E-state index in [2.05, 4.69) is 167 Å². The van der Waals surface area contributed by atoms with Gasteiger partial charge in [0.05, 0.1) is 0 Å². The SMILES string of the molecule is [Pt].[c-]1c(Oc2[c-]c3c(cc2)c2cccnc2n3-c2ccccn2)cccc1N1[CH-]N(c2c(-c3ccccc3)cccc2-c2ccccc2)c2c1ccc1ccccc21. The van der Waals surface area contributed by atoms with Crippen molar-refractivity contribution in [1.82, 2.24) is 14.5 Å². The smallest absolute Gasteiger partial charge is 0.136 e. The summed E-state index contributed by atoms with van der Waals surface area (Å²) in [6.07, 6.45) is 3.59. The molecule has 4 heterocycles. The van der Waals surface area contributed by atoms with E-state index in [-0.39, 0.29) is 21.1 Å². The molecule has 0 N–H and O–H groups in total. The van der Waals surface area contributed by atoms with E-state index in [4.69, 9.17) is 9.72 Å². The minimum absolute atomic E-state index is 0. The zero-order valence-electron chi connectivity index (χ0n) is 30.9. The second-order valence-electron chi connectivity index (χ2n) is 13.9. The number of para-hydroxylation sites is 1. The first-order valence-corrected chi connectivity index (χ1v) is 18.9. The summed E-state index contributed by atoms with van der Waals surface area (Å²) in [5.41, 5.74) is 10.3. The molecule has 7 aromatic carbocycles. The third-order valence-electron chi connectivity index (χ3n) is 10.6. The van der Waals surface area contributed by atoms with E-state index in [0.29, 0.717) is 11.5 Å². The van der Waals surface area contributed by atoms with Crippen LogP contribution in [0.2, 0.25) is 0 Å². The number of hydrogen-bond acceptors (Lipinski definition) is 5. The van der Waals surface area contributed by atoms with E-state index < -0.39 is 0 Å². The van der Waals surface area contributed by atoms with E-state index in [1.54, 1.807) is 12.4 Å². The molecule has 3 aromatic heterocycles. The maximum Gasteiger partial charge on any atom is 0.136 e. The molecule has 0 saturated carbocycles. The van der Waals surface area contributed by atoms with Crippen molar-refractivity contribution in [1.29, 1.82) is 0 Å². The summed E-state index contributed by atoms with van der Waals surface area (Å²) in [4.78, 5) is 13.9. The third-order valence-corrected chi connectivity index (χ3v) is 10.6. The van der Waals surface area contributed by atoms with Crippen molar-refractivity contribution < 1.29 is 25.8 Å². The van der Waals surface area contributed by atoms with Crippen LogP contribution in [0.25, 0.3) is 60.8 Å². The van der Waals surface area contributed by atoms with Crippen LogP contribution in [-0.4, -0.2) is 14.5 Å². The van der Waals surface area contributed by atoms with Gasteiger partial charge in [0.1, 0.15) is 11.5 Å². The number of anilines is 4. The van der Waals surface area contributed by atoms with Gasteiger partial charge in [0.15, 0.2) is 0 Å². The summed E-state index contributed by atoms with van der Waals surface area (Å²) in [5, 5.41) is 4.37. The standard InChI is InChI=1S/C51H32N5O.Pt/c1-3-14-35(15-4-1)41-22-12-23-42(36-16-5-2-6-17-36)49(41)55-34-54(46-29-26-37-18-7-8-21-43(37)50(46)55)38-19-11-20-39(32-38)57-40-27-28-44-45-24-13-31-53-51(45)56(47(44)33-40)48-25-9-10-30-52-48;/h1-31,34H;/q-3;. The fourth-order valence-electron chi connectivity index (χ4n) is 8.06. The molecular weight excluding hydrogens is 894 g/mol.